The minimum atomic E-state index is -0.441. The summed E-state index contributed by atoms with van der Waals surface area (Å²) in [6.07, 6.45) is 5.76. The van der Waals surface area contributed by atoms with Crippen molar-refractivity contribution < 1.29 is 14.3 Å². The predicted octanol–water partition coefficient (Wildman–Crippen LogP) is 3.99. The maximum atomic E-state index is 11.6. The SMILES string of the molecule is CCCCCCCC(=O)NNC(=O)COc1ccc(Br)cc1Cl. The summed E-state index contributed by atoms with van der Waals surface area (Å²) in [5.41, 5.74) is 4.69. The van der Waals surface area contributed by atoms with E-state index in [0.717, 1.165) is 23.7 Å². The molecule has 1 aromatic carbocycles. The van der Waals surface area contributed by atoms with E-state index in [4.69, 9.17) is 16.3 Å². The zero-order valence-corrected chi connectivity index (χ0v) is 15.5. The number of benzene rings is 1. The van der Waals surface area contributed by atoms with Gasteiger partial charge in [-0.1, -0.05) is 60.1 Å². The van der Waals surface area contributed by atoms with E-state index in [1.165, 1.54) is 12.8 Å². The molecule has 0 aliphatic rings. The summed E-state index contributed by atoms with van der Waals surface area (Å²) < 4.78 is 6.12. The number of halogens is 2. The lowest BCUT2D eigenvalue weighted by Crippen LogP contribution is -2.43. The van der Waals surface area contributed by atoms with Crippen molar-refractivity contribution in [2.45, 2.75) is 45.4 Å². The van der Waals surface area contributed by atoms with E-state index in [-0.39, 0.29) is 12.5 Å². The van der Waals surface area contributed by atoms with Crippen molar-refractivity contribution in [2.75, 3.05) is 6.61 Å². The Morgan fingerprint density at radius 3 is 2.52 bits per heavy atom. The highest BCUT2D eigenvalue weighted by molar-refractivity contribution is 9.10. The van der Waals surface area contributed by atoms with Gasteiger partial charge in [-0.2, -0.15) is 0 Å². The second-order valence-electron chi connectivity index (χ2n) is 5.12. The fraction of sp³-hybridized carbons (Fsp3) is 0.500. The van der Waals surface area contributed by atoms with Crippen LogP contribution in [0.1, 0.15) is 45.4 Å². The molecule has 23 heavy (non-hydrogen) atoms. The van der Waals surface area contributed by atoms with Crippen molar-refractivity contribution in [1.29, 1.82) is 0 Å². The molecule has 0 aromatic heterocycles. The lowest BCUT2D eigenvalue weighted by molar-refractivity contribution is -0.130. The van der Waals surface area contributed by atoms with Crippen LogP contribution in [-0.2, 0) is 9.59 Å². The summed E-state index contributed by atoms with van der Waals surface area (Å²) in [6, 6.07) is 5.10. The van der Waals surface area contributed by atoms with Gasteiger partial charge in [0.25, 0.3) is 5.91 Å². The van der Waals surface area contributed by atoms with Gasteiger partial charge in [-0.25, -0.2) is 0 Å². The molecule has 0 spiro atoms. The average molecular weight is 406 g/mol. The van der Waals surface area contributed by atoms with Crippen LogP contribution >= 0.6 is 27.5 Å². The minimum Gasteiger partial charge on any atom is -0.482 e. The van der Waals surface area contributed by atoms with Gasteiger partial charge in [-0.3, -0.25) is 20.4 Å². The van der Waals surface area contributed by atoms with Gasteiger partial charge in [-0.15, -0.1) is 0 Å². The molecule has 128 valence electrons. The maximum absolute atomic E-state index is 11.6. The highest BCUT2D eigenvalue weighted by atomic mass is 79.9. The first-order chi connectivity index (χ1) is 11.0. The predicted molar refractivity (Wildman–Crippen MR) is 94.3 cm³/mol. The number of carbonyl (C=O) groups is 2. The quantitative estimate of drug-likeness (QED) is 0.482. The molecule has 0 unspecified atom stereocenters. The van der Waals surface area contributed by atoms with Crippen molar-refractivity contribution >= 4 is 39.3 Å². The van der Waals surface area contributed by atoms with E-state index in [2.05, 4.69) is 33.7 Å². The van der Waals surface area contributed by atoms with Crippen molar-refractivity contribution in [3.63, 3.8) is 0 Å². The van der Waals surface area contributed by atoms with Crippen molar-refractivity contribution in [2.24, 2.45) is 0 Å². The van der Waals surface area contributed by atoms with Crippen LogP contribution in [0, 0.1) is 0 Å². The van der Waals surface area contributed by atoms with Gasteiger partial charge in [0.1, 0.15) is 5.75 Å². The topological polar surface area (TPSA) is 67.4 Å². The van der Waals surface area contributed by atoms with Crippen molar-refractivity contribution in [3.05, 3.63) is 27.7 Å². The molecule has 0 fully saturated rings. The van der Waals surface area contributed by atoms with Crippen LogP contribution in [0.2, 0.25) is 5.02 Å². The monoisotopic (exact) mass is 404 g/mol. The smallest absolute Gasteiger partial charge is 0.276 e. The van der Waals surface area contributed by atoms with Gasteiger partial charge in [0.2, 0.25) is 5.91 Å². The van der Waals surface area contributed by atoms with Gasteiger partial charge in [-0.05, 0) is 24.6 Å². The molecule has 7 heteroatoms. The standard InChI is InChI=1S/C16H22BrClN2O3/c1-2-3-4-5-6-7-15(21)19-20-16(22)11-23-14-9-8-12(17)10-13(14)18/h8-10H,2-7,11H2,1H3,(H,19,21)(H,20,22). The van der Waals surface area contributed by atoms with Gasteiger partial charge in [0.15, 0.2) is 6.61 Å². The molecule has 1 aromatic rings. The van der Waals surface area contributed by atoms with E-state index >= 15 is 0 Å². The molecule has 2 amide bonds. The summed E-state index contributed by atoms with van der Waals surface area (Å²) in [7, 11) is 0. The molecule has 0 aliphatic carbocycles. The molecule has 0 aliphatic heterocycles. The Bertz CT molecular complexity index is 526. The number of amides is 2. The Morgan fingerprint density at radius 2 is 1.83 bits per heavy atom. The third-order valence-corrected chi connectivity index (χ3v) is 3.89. The number of hydrogen-bond donors (Lipinski definition) is 2. The van der Waals surface area contributed by atoms with Crippen molar-refractivity contribution in [1.82, 2.24) is 10.9 Å². The number of ether oxygens (including phenoxy) is 1. The highest BCUT2D eigenvalue weighted by Crippen LogP contribution is 2.27. The maximum Gasteiger partial charge on any atom is 0.276 e. The second kappa shape index (κ2) is 11.3. The van der Waals surface area contributed by atoms with Crippen LogP contribution in [0.15, 0.2) is 22.7 Å². The largest absolute Gasteiger partial charge is 0.482 e. The van der Waals surface area contributed by atoms with Crippen LogP contribution in [0.3, 0.4) is 0 Å². The lowest BCUT2D eigenvalue weighted by Gasteiger charge is -2.10. The lowest BCUT2D eigenvalue weighted by atomic mass is 10.1. The third kappa shape index (κ3) is 8.81. The van der Waals surface area contributed by atoms with Crippen LogP contribution in [-0.4, -0.2) is 18.4 Å². The first kappa shape index (κ1) is 19.8. The van der Waals surface area contributed by atoms with Gasteiger partial charge >= 0.3 is 0 Å². The van der Waals surface area contributed by atoms with Gasteiger partial charge < -0.3 is 4.74 Å². The average Bonchev–Trinajstić information content (AvgIpc) is 2.52. The molecular weight excluding hydrogens is 384 g/mol. The molecule has 0 saturated carbocycles. The number of rotatable bonds is 9. The number of nitrogens with one attached hydrogen (secondary N) is 2. The number of carbonyl (C=O) groups excluding carboxylic acids is 2. The second-order valence-corrected chi connectivity index (χ2v) is 6.45. The molecule has 5 nitrogen and oxygen atoms in total. The summed E-state index contributed by atoms with van der Waals surface area (Å²) in [5, 5.41) is 0.406. The first-order valence-electron chi connectivity index (χ1n) is 7.68. The fourth-order valence-electron chi connectivity index (χ4n) is 1.86. The Hall–Kier alpha value is -1.27. The Labute approximate surface area is 150 Å². The summed E-state index contributed by atoms with van der Waals surface area (Å²) in [4.78, 5) is 23.2. The number of hydrazine groups is 1. The third-order valence-electron chi connectivity index (χ3n) is 3.10. The van der Waals surface area contributed by atoms with Crippen LogP contribution in [0.5, 0.6) is 5.75 Å². The van der Waals surface area contributed by atoms with E-state index in [1.807, 2.05) is 0 Å². The summed E-state index contributed by atoms with van der Waals surface area (Å²) >= 11 is 9.26. The summed E-state index contributed by atoms with van der Waals surface area (Å²) in [5.74, 6) is -0.230. The Morgan fingerprint density at radius 1 is 1.13 bits per heavy atom. The van der Waals surface area contributed by atoms with E-state index < -0.39 is 5.91 Å². The zero-order valence-electron chi connectivity index (χ0n) is 13.2. The van der Waals surface area contributed by atoms with Crippen LogP contribution < -0.4 is 15.6 Å². The molecule has 0 saturated heterocycles. The van der Waals surface area contributed by atoms with Crippen molar-refractivity contribution in [3.8, 4) is 5.75 Å². The van der Waals surface area contributed by atoms with E-state index in [1.54, 1.807) is 18.2 Å². The molecule has 0 heterocycles. The highest BCUT2D eigenvalue weighted by Gasteiger charge is 2.07. The molecule has 1 rings (SSSR count). The van der Waals surface area contributed by atoms with Crippen LogP contribution in [0.4, 0.5) is 0 Å². The fourth-order valence-corrected chi connectivity index (χ4v) is 2.59. The molecule has 0 atom stereocenters. The summed E-state index contributed by atoms with van der Waals surface area (Å²) in [6.45, 7) is 1.92. The zero-order chi connectivity index (χ0) is 17.1. The Kier molecular flexibility index (Phi) is 9.71. The van der Waals surface area contributed by atoms with Crippen LogP contribution in [0.25, 0.3) is 0 Å². The van der Waals surface area contributed by atoms with Gasteiger partial charge in [0, 0.05) is 10.9 Å². The molecule has 2 N–H and O–H groups in total. The van der Waals surface area contributed by atoms with E-state index in [0.29, 0.717) is 17.2 Å². The number of hydrogen-bond acceptors (Lipinski definition) is 3. The van der Waals surface area contributed by atoms with Gasteiger partial charge in [0.05, 0.1) is 5.02 Å². The molecular formula is C16H22BrClN2O3. The molecule has 0 bridgehead atoms. The normalized spacial score (nSPS) is 10.2. The molecule has 0 radical (unpaired) electrons. The Balaban J connectivity index is 2.17. The first-order valence-corrected chi connectivity index (χ1v) is 8.85. The van der Waals surface area contributed by atoms with E-state index in [9.17, 15) is 9.59 Å². The number of unbranched alkanes of at least 4 members (excludes halogenated alkanes) is 4. The minimum absolute atomic E-state index is 0.198.